The fraction of sp³-hybridized carbons (Fsp3) is 0.538. The Hall–Kier alpha value is 0.380. The first-order valence-corrected chi connectivity index (χ1v) is 8.64. The Morgan fingerprint density at radius 2 is 2.00 bits per heavy atom. The second kappa shape index (κ2) is 7.98. The number of hydrogen-bond donors (Lipinski definition) is 1. The second-order valence-electron chi connectivity index (χ2n) is 4.39. The van der Waals surface area contributed by atoms with Gasteiger partial charge in [0.25, 0.3) is 0 Å². The van der Waals surface area contributed by atoms with Crippen molar-refractivity contribution in [1.82, 2.24) is 5.32 Å². The van der Waals surface area contributed by atoms with Gasteiger partial charge in [-0.3, -0.25) is 0 Å². The van der Waals surface area contributed by atoms with Gasteiger partial charge in [0.15, 0.2) is 0 Å². The van der Waals surface area contributed by atoms with Crippen LogP contribution in [0.3, 0.4) is 0 Å². The first-order chi connectivity index (χ1) is 9.16. The number of nitrogens with one attached hydrogen (secondary N) is 1. The van der Waals surface area contributed by atoms with Gasteiger partial charge in [0, 0.05) is 24.2 Å². The van der Waals surface area contributed by atoms with Crippen LogP contribution in [0.25, 0.3) is 0 Å². The molecule has 1 fully saturated rings. The van der Waals surface area contributed by atoms with Gasteiger partial charge in [0.1, 0.15) is 12.4 Å². The van der Waals surface area contributed by atoms with Crippen LogP contribution in [0.1, 0.15) is 12.8 Å². The Kier molecular flexibility index (Phi) is 6.62. The molecular weight excluding hydrogens is 442 g/mol. The molecule has 1 aliphatic heterocycles. The topological polar surface area (TPSA) is 30.5 Å². The van der Waals surface area contributed by atoms with Crippen LogP contribution in [-0.2, 0) is 4.74 Å². The Labute approximate surface area is 138 Å². The van der Waals surface area contributed by atoms with Crippen LogP contribution >= 0.6 is 47.8 Å². The highest BCUT2D eigenvalue weighted by atomic mass is 79.9. The molecule has 1 unspecified atom stereocenters. The molecule has 0 saturated carbocycles. The lowest BCUT2D eigenvalue weighted by atomic mass is 10.2. The fourth-order valence-corrected chi connectivity index (χ4v) is 4.45. The summed E-state index contributed by atoms with van der Waals surface area (Å²) >= 11 is 10.4. The van der Waals surface area contributed by atoms with Gasteiger partial charge < -0.3 is 14.8 Å². The summed E-state index contributed by atoms with van der Waals surface area (Å²) in [4.78, 5) is 0. The maximum atomic E-state index is 5.77. The van der Waals surface area contributed by atoms with Crippen LogP contribution in [0.2, 0.25) is 0 Å². The van der Waals surface area contributed by atoms with Gasteiger partial charge in [0.05, 0.1) is 15.0 Å². The molecule has 106 valence electrons. The van der Waals surface area contributed by atoms with Gasteiger partial charge in [-0.15, -0.1) is 0 Å². The van der Waals surface area contributed by atoms with Crippen molar-refractivity contribution in [3.8, 4) is 5.75 Å². The summed E-state index contributed by atoms with van der Waals surface area (Å²) in [7, 11) is 0. The maximum absolute atomic E-state index is 5.77. The summed E-state index contributed by atoms with van der Waals surface area (Å²) in [6.45, 7) is 3.26. The third-order valence-electron chi connectivity index (χ3n) is 2.88. The van der Waals surface area contributed by atoms with Gasteiger partial charge in [-0.05, 0) is 56.8 Å². The highest BCUT2D eigenvalue weighted by Gasteiger charge is 2.14. The average Bonchev–Trinajstić information content (AvgIpc) is 2.84. The molecule has 0 bridgehead atoms. The van der Waals surface area contributed by atoms with E-state index < -0.39 is 0 Å². The molecule has 0 spiro atoms. The molecule has 0 aromatic heterocycles. The quantitative estimate of drug-likeness (QED) is 0.652. The third kappa shape index (κ3) is 5.01. The Morgan fingerprint density at radius 1 is 1.26 bits per heavy atom. The molecule has 0 radical (unpaired) electrons. The second-order valence-corrected chi connectivity index (χ2v) is 7.01. The van der Waals surface area contributed by atoms with E-state index in [9.17, 15) is 0 Å². The number of hydrogen-bond acceptors (Lipinski definition) is 3. The number of halogens is 3. The Bertz CT molecular complexity index is 399. The highest BCUT2D eigenvalue weighted by Crippen LogP contribution is 2.36. The lowest BCUT2D eigenvalue weighted by Crippen LogP contribution is -2.29. The summed E-state index contributed by atoms with van der Waals surface area (Å²) < 4.78 is 14.2. The van der Waals surface area contributed by atoms with E-state index in [2.05, 4.69) is 53.1 Å². The number of ether oxygens (including phenoxy) is 2. The van der Waals surface area contributed by atoms with Crippen molar-refractivity contribution in [2.45, 2.75) is 18.9 Å². The van der Waals surface area contributed by atoms with Gasteiger partial charge in [-0.2, -0.15) is 0 Å². The molecule has 1 N–H and O–H groups in total. The molecule has 3 nitrogen and oxygen atoms in total. The largest absolute Gasteiger partial charge is 0.490 e. The van der Waals surface area contributed by atoms with Crippen molar-refractivity contribution in [3.05, 3.63) is 25.6 Å². The van der Waals surface area contributed by atoms with Crippen LogP contribution in [0.5, 0.6) is 5.75 Å². The van der Waals surface area contributed by atoms with Crippen LogP contribution in [0, 0.1) is 0 Å². The smallest absolute Gasteiger partial charge is 0.147 e. The molecule has 0 amide bonds. The van der Waals surface area contributed by atoms with E-state index in [0.717, 1.165) is 45.3 Å². The van der Waals surface area contributed by atoms with Gasteiger partial charge in [0.2, 0.25) is 0 Å². The molecule has 19 heavy (non-hydrogen) atoms. The minimum Gasteiger partial charge on any atom is -0.490 e. The van der Waals surface area contributed by atoms with Crippen LogP contribution in [0.4, 0.5) is 0 Å². The molecule has 6 heteroatoms. The van der Waals surface area contributed by atoms with E-state index in [0.29, 0.717) is 12.7 Å². The zero-order valence-corrected chi connectivity index (χ0v) is 15.2. The summed E-state index contributed by atoms with van der Waals surface area (Å²) in [5.41, 5.74) is 0. The molecule has 1 atom stereocenters. The van der Waals surface area contributed by atoms with Crippen LogP contribution in [0.15, 0.2) is 25.6 Å². The zero-order valence-electron chi connectivity index (χ0n) is 10.4. The molecule has 2 rings (SSSR count). The molecule has 1 aromatic carbocycles. The van der Waals surface area contributed by atoms with E-state index in [4.69, 9.17) is 9.47 Å². The average molecular weight is 458 g/mol. The predicted molar refractivity (Wildman–Crippen MR) is 86.9 cm³/mol. The van der Waals surface area contributed by atoms with Gasteiger partial charge >= 0.3 is 0 Å². The Morgan fingerprint density at radius 3 is 2.63 bits per heavy atom. The van der Waals surface area contributed by atoms with Crippen molar-refractivity contribution >= 4 is 47.8 Å². The van der Waals surface area contributed by atoms with E-state index in [1.807, 2.05) is 12.1 Å². The maximum Gasteiger partial charge on any atom is 0.147 e. The monoisotopic (exact) mass is 455 g/mol. The molecule has 1 aliphatic rings. The minimum absolute atomic E-state index is 0.381. The zero-order chi connectivity index (χ0) is 13.7. The molecule has 1 aromatic rings. The first-order valence-electron chi connectivity index (χ1n) is 6.26. The molecule has 1 heterocycles. The van der Waals surface area contributed by atoms with Gasteiger partial charge in [-0.1, -0.05) is 15.9 Å². The lowest BCUT2D eigenvalue weighted by molar-refractivity contribution is 0.109. The fourth-order valence-electron chi connectivity index (χ4n) is 1.96. The minimum atomic E-state index is 0.381. The Balaban J connectivity index is 1.70. The predicted octanol–water partition coefficient (Wildman–Crippen LogP) is 4.12. The van der Waals surface area contributed by atoms with Crippen molar-refractivity contribution in [2.24, 2.45) is 0 Å². The van der Waals surface area contributed by atoms with E-state index in [-0.39, 0.29) is 0 Å². The number of rotatable bonds is 6. The standard InChI is InChI=1S/C13H16Br3NO2/c14-9-6-11(15)13(12(16)7-9)19-5-3-17-8-10-2-1-4-18-10/h6-7,10,17H,1-5,8H2. The van der Waals surface area contributed by atoms with Crippen molar-refractivity contribution in [1.29, 1.82) is 0 Å². The first kappa shape index (κ1) is 15.8. The summed E-state index contributed by atoms with van der Waals surface area (Å²) in [6, 6.07) is 3.94. The van der Waals surface area contributed by atoms with Crippen molar-refractivity contribution in [2.75, 3.05) is 26.3 Å². The van der Waals surface area contributed by atoms with Gasteiger partial charge in [-0.25, -0.2) is 0 Å². The number of benzene rings is 1. The van der Waals surface area contributed by atoms with Crippen molar-refractivity contribution < 1.29 is 9.47 Å². The lowest BCUT2D eigenvalue weighted by Gasteiger charge is -2.13. The molecular formula is C13H16Br3NO2. The van der Waals surface area contributed by atoms with Crippen LogP contribution in [-0.4, -0.2) is 32.4 Å². The third-order valence-corrected chi connectivity index (χ3v) is 4.52. The summed E-state index contributed by atoms with van der Waals surface area (Å²) in [5.74, 6) is 0.835. The van der Waals surface area contributed by atoms with Crippen molar-refractivity contribution in [3.63, 3.8) is 0 Å². The normalized spacial score (nSPS) is 18.8. The van der Waals surface area contributed by atoms with E-state index >= 15 is 0 Å². The highest BCUT2D eigenvalue weighted by molar-refractivity contribution is 9.11. The molecule has 1 saturated heterocycles. The summed E-state index contributed by atoms with van der Waals surface area (Å²) in [6.07, 6.45) is 2.73. The van der Waals surface area contributed by atoms with Crippen LogP contribution < -0.4 is 10.1 Å². The van der Waals surface area contributed by atoms with E-state index in [1.54, 1.807) is 0 Å². The molecule has 0 aliphatic carbocycles. The summed E-state index contributed by atoms with van der Waals surface area (Å²) in [5, 5.41) is 3.36. The van der Waals surface area contributed by atoms with E-state index in [1.165, 1.54) is 6.42 Å². The SMILES string of the molecule is Brc1cc(Br)c(OCCNCC2CCCO2)c(Br)c1.